The largest absolute Gasteiger partial charge is 0.316 e. The van der Waals surface area contributed by atoms with Crippen molar-refractivity contribution in [1.29, 1.82) is 0 Å². The Bertz CT molecular complexity index is 350. The van der Waals surface area contributed by atoms with Crippen LogP contribution >= 0.6 is 0 Å². The second-order valence-electron chi connectivity index (χ2n) is 4.04. The zero-order chi connectivity index (χ0) is 12.0. The fraction of sp³-hybridized carbons (Fsp3) is 0.385. The molecule has 0 fully saturated rings. The van der Waals surface area contributed by atoms with Gasteiger partial charge in [-0.1, -0.05) is 24.8 Å². The molecule has 0 aliphatic carbocycles. The van der Waals surface area contributed by atoms with E-state index in [-0.39, 0.29) is 5.82 Å². The van der Waals surface area contributed by atoms with E-state index < -0.39 is 0 Å². The van der Waals surface area contributed by atoms with E-state index in [0.29, 0.717) is 6.54 Å². The van der Waals surface area contributed by atoms with Gasteiger partial charge in [0.2, 0.25) is 0 Å². The number of nitrogens with zero attached hydrogens (tertiary/aromatic N) is 1. The Labute approximate surface area is 96.8 Å². The Balaban J connectivity index is 2.48. The van der Waals surface area contributed by atoms with Crippen molar-refractivity contribution in [2.24, 2.45) is 0 Å². The summed E-state index contributed by atoms with van der Waals surface area (Å²) in [6.07, 6.45) is 0. The Morgan fingerprint density at radius 2 is 2.12 bits per heavy atom. The molecule has 0 aliphatic rings. The predicted molar refractivity (Wildman–Crippen MR) is 65.8 cm³/mol. The summed E-state index contributed by atoms with van der Waals surface area (Å²) >= 11 is 0. The minimum atomic E-state index is -0.145. The van der Waals surface area contributed by atoms with E-state index in [4.69, 9.17) is 0 Å². The van der Waals surface area contributed by atoms with Gasteiger partial charge in [0.1, 0.15) is 5.82 Å². The first kappa shape index (κ1) is 12.9. The summed E-state index contributed by atoms with van der Waals surface area (Å²) in [5.41, 5.74) is 1.82. The summed E-state index contributed by atoms with van der Waals surface area (Å²) < 4.78 is 13.4. The lowest BCUT2D eigenvalue weighted by Crippen LogP contribution is -2.24. The molecule has 1 aromatic carbocycles. The maximum absolute atomic E-state index is 13.4. The second-order valence-corrected chi connectivity index (χ2v) is 4.04. The van der Waals surface area contributed by atoms with Gasteiger partial charge in [0.05, 0.1) is 0 Å². The molecule has 0 saturated heterocycles. The molecule has 1 rings (SSSR count). The van der Waals surface area contributed by atoms with Crippen molar-refractivity contribution in [3.05, 3.63) is 47.8 Å². The molecule has 16 heavy (non-hydrogen) atoms. The average Bonchev–Trinajstić information content (AvgIpc) is 2.21. The van der Waals surface area contributed by atoms with E-state index in [1.54, 1.807) is 6.07 Å². The lowest BCUT2D eigenvalue weighted by Gasteiger charge is -2.18. The highest BCUT2D eigenvalue weighted by Gasteiger charge is 2.05. The topological polar surface area (TPSA) is 15.3 Å². The van der Waals surface area contributed by atoms with Crippen LogP contribution in [0.2, 0.25) is 0 Å². The molecule has 88 valence electrons. The van der Waals surface area contributed by atoms with Crippen molar-refractivity contribution in [1.82, 2.24) is 10.2 Å². The molecule has 0 radical (unpaired) electrons. The summed E-state index contributed by atoms with van der Waals surface area (Å²) in [4.78, 5) is 2.05. The average molecular weight is 222 g/mol. The maximum Gasteiger partial charge on any atom is 0.127 e. The molecule has 2 nitrogen and oxygen atoms in total. The molecular formula is C13H19FN2. The second kappa shape index (κ2) is 6.40. The van der Waals surface area contributed by atoms with Gasteiger partial charge in [0.25, 0.3) is 0 Å². The minimum Gasteiger partial charge on any atom is -0.316 e. The van der Waals surface area contributed by atoms with Gasteiger partial charge >= 0.3 is 0 Å². The van der Waals surface area contributed by atoms with Gasteiger partial charge in [-0.3, -0.25) is 4.90 Å². The molecule has 0 bridgehead atoms. The van der Waals surface area contributed by atoms with Crippen molar-refractivity contribution in [3.63, 3.8) is 0 Å². The Morgan fingerprint density at radius 3 is 2.75 bits per heavy atom. The van der Waals surface area contributed by atoms with Crippen molar-refractivity contribution in [2.45, 2.75) is 6.54 Å². The van der Waals surface area contributed by atoms with Crippen LogP contribution in [0.5, 0.6) is 0 Å². The monoisotopic (exact) mass is 222 g/mol. The molecule has 0 atom stereocenters. The number of halogens is 1. The molecule has 0 heterocycles. The van der Waals surface area contributed by atoms with Crippen LogP contribution in [0.1, 0.15) is 5.56 Å². The highest BCUT2D eigenvalue weighted by atomic mass is 19.1. The first-order valence-corrected chi connectivity index (χ1v) is 5.36. The molecule has 1 N–H and O–H groups in total. The van der Waals surface area contributed by atoms with Gasteiger partial charge in [-0.25, -0.2) is 4.39 Å². The van der Waals surface area contributed by atoms with Crippen molar-refractivity contribution in [2.75, 3.05) is 27.2 Å². The summed E-state index contributed by atoms with van der Waals surface area (Å²) in [7, 11) is 3.86. The van der Waals surface area contributed by atoms with Crippen LogP contribution in [0.4, 0.5) is 4.39 Å². The SMILES string of the molecule is C=C(CNC)CN(C)Cc1ccccc1F. The van der Waals surface area contributed by atoms with Crippen LogP contribution in [0.15, 0.2) is 36.4 Å². The molecule has 0 amide bonds. The third-order valence-electron chi connectivity index (χ3n) is 2.32. The maximum atomic E-state index is 13.4. The predicted octanol–water partition coefficient (Wildman–Crippen LogP) is 2.03. The lowest BCUT2D eigenvalue weighted by molar-refractivity contribution is 0.346. The zero-order valence-corrected chi connectivity index (χ0v) is 9.96. The van der Waals surface area contributed by atoms with Crippen LogP contribution < -0.4 is 5.32 Å². The zero-order valence-electron chi connectivity index (χ0n) is 9.96. The molecule has 0 aromatic heterocycles. The van der Waals surface area contributed by atoms with Gasteiger partial charge in [-0.2, -0.15) is 0 Å². The summed E-state index contributed by atoms with van der Waals surface area (Å²) in [5.74, 6) is -0.145. The van der Waals surface area contributed by atoms with E-state index in [9.17, 15) is 4.39 Å². The normalized spacial score (nSPS) is 10.8. The van der Waals surface area contributed by atoms with Crippen LogP contribution in [0.25, 0.3) is 0 Å². The third kappa shape index (κ3) is 4.13. The van der Waals surface area contributed by atoms with Crippen LogP contribution in [0, 0.1) is 5.82 Å². The van der Waals surface area contributed by atoms with E-state index >= 15 is 0 Å². The number of nitrogens with one attached hydrogen (secondary N) is 1. The van der Waals surface area contributed by atoms with E-state index in [1.165, 1.54) is 6.07 Å². The summed E-state index contributed by atoms with van der Waals surface area (Å²) in [6, 6.07) is 6.87. The minimum absolute atomic E-state index is 0.145. The Hall–Kier alpha value is -1.19. The number of hydrogen-bond donors (Lipinski definition) is 1. The number of rotatable bonds is 6. The van der Waals surface area contributed by atoms with Gasteiger partial charge in [-0.15, -0.1) is 0 Å². The molecule has 1 aromatic rings. The quantitative estimate of drug-likeness (QED) is 0.741. The van der Waals surface area contributed by atoms with Gasteiger partial charge < -0.3 is 5.32 Å². The fourth-order valence-electron chi connectivity index (χ4n) is 1.66. The first-order valence-electron chi connectivity index (χ1n) is 5.36. The first-order chi connectivity index (χ1) is 7.63. The molecule has 0 aliphatic heterocycles. The molecule has 0 saturated carbocycles. The van der Waals surface area contributed by atoms with Crippen molar-refractivity contribution in [3.8, 4) is 0 Å². The van der Waals surface area contributed by atoms with Crippen LogP contribution in [0.3, 0.4) is 0 Å². The lowest BCUT2D eigenvalue weighted by atomic mass is 10.2. The van der Waals surface area contributed by atoms with E-state index in [1.807, 2.05) is 26.2 Å². The van der Waals surface area contributed by atoms with Crippen LogP contribution in [-0.4, -0.2) is 32.1 Å². The standard InChI is InChI=1S/C13H19FN2/c1-11(8-15-2)9-16(3)10-12-6-4-5-7-13(12)14/h4-7,15H,1,8-10H2,2-3H3. The number of likely N-dealkylation sites (N-methyl/N-ethyl adjacent to an activating group) is 2. The third-order valence-corrected chi connectivity index (χ3v) is 2.32. The highest BCUT2D eigenvalue weighted by molar-refractivity contribution is 5.17. The van der Waals surface area contributed by atoms with Gasteiger partial charge in [0, 0.05) is 25.2 Å². The molecule has 3 heteroatoms. The highest BCUT2D eigenvalue weighted by Crippen LogP contribution is 2.09. The van der Waals surface area contributed by atoms with Gasteiger partial charge in [-0.05, 0) is 25.7 Å². The summed E-state index contributed by atoms with van der Waals surface area (Å²) in [6.45, 7) is 6.12. The fourth-order valence-corrected chi connectivity index (χ4v) is 1.66. The number of benzene rings is 1. The van der Waals surface area contributed by atoms with Crippen molar-refractivity contribution >= 4 is 0 Å². The van der Waals surface area contributed by atoms with Crippen LogP contribution in [-0.2, 0) is 6.54 Å². The van der Waals surface area contributed by atoms with Crippen molar-refractivity contribution < 1.29 is 4.39 Å². The Morgan fingerprint density at radius 1 is 1.44 bits per heavy atom. The van der Waals surface area contributed by atoms with Gasteiger partial charge in [0.15, 0.2) is 0 Å². The smallest absolute Gasteiger partial charge is 0.127 e. The number of hydrogen-bond acceptors (Lipinski definition) is 2. The van der Waals surface area contributed by atoms with E-state index in [0.717, 1.165) is 24.2 Å². The molecule has 0 spiro atoms. The molecule has 0 unspecified atom stereocenters. The van der Waals surface area contributed by atoms with E-state index in [2.05, 4.69) is 16.8 Å². The Kier molecular flexibility index (Phi) is 5.15. The summed E-state index contributed by atoms with van der Waals surface area (Å²) in [5, 5.41) is 3.05. The molecular weight excluding hydrogens is 203 g/mol.